The van der Waals surface area contributed by atoms with E-state index in [0.29, 0.717) is 11.1 Å². The van der Waals surface area contributed by atoms with Gasteiger partial charge in [0.1, 0.15) is 0 Å². The predicted octanol–water partition coefficient (Wildman–Crippen LogP) is 5.58. The Morgan fingerprint density at radius 3 is 1.83 bits per heavy atom. The quantitative estimate of drug-likeness (QED) is 0.242. The standard InChI is InChI=1S/C39H41N3O5/c1-27-35(25-41-21-19-40(20-22-41)23-28-7-3-2-4-8-28)46-39(47-36(27)31-15-13-30(26-43)14-16-31)32-17-11-29(12-18-32)24-42-37(44)33-9-5-6-10-34(33)38(42)45/h2-18,27,35-36,39,43H,19-26H2,1H3/t27-,35+,36+,39+/m0/s1. The predicted molar refractivity (Wildman–Crippen MR) is 178 cm³/mol. The minimum Gasteiger partial charge on any atom is -0.392 e. The summed E-state index contributed by atoms with van der Waals surface area (Å²) >= 11 is 0. The molecule has 2 fully saturated rings. The van der Waals surface area contributed by atoms with E-state index in [-0.39, 0.29) is 43.1 Å². The third-order valence-electron chi connectivity index (χ3n) is 9.75. The number of ether oxygens (including phenoxy) is 2. The van der Waals surface area contributed by atoms with Crippen molar-refractivity contribution in [1.29, 1.82) is 0 Å². The fourth-order valence-corrected chi connectivity index (χ4v) is 6.90. The van der Waals surface area contributed by atoms with Crippen molar-refractivity contribution in [2.45, 2.75) is 45.1 Å². The molecule has 47 heavy (non-hydrogen) atoms. The lowest BCUT2D eigenvalue weighted by molar-refractivity contribution is -0.276. The molecule has 0 spiro atoms. The topological polar surface area (TPSA) is 82.6 Å². The van der Waals surface area contributed by atoms with Gasteiger partial charge < -0.3 is 14.6 Å². The van der Waals surface area contributed by atoms with Gasteiger partial charge in [0.25, 0.3) is 11.8 Å². The Labute approximate surface area is 276 Å². The highest BCUT2D eigenvalue weighted by Crippen LogP contribution is 2.42. The van der Waals surface area contributed by atoms with E-state index in [1.165, 1.54) is 10.5 Å². The van der Waals surface area contributed by atoms with Crippen LogP contribution in [0.15, 0.2) is 103 Å². The maximum atomic E-state index is 12.9. The van der Waals surface area contributed by atoms with Crippen molar-refractivity contribution < 1.29 is 24.2 Å². The summed E-state index contributed by atoms with van der Waals surface area (Å²) in [7, 11) is 0. The zero-order valence-corrected chi connectivity index (χ0v) is 26.7. The summed E-state index contributed by atoms with van der Waals surface area (Å²) in [5.74, 6) is -0.426. The maximum absolute atomic E-state index is 12.9. The second-order valence-electron chi connectivity index (χ2n) is 12.9. The van der Waals surface area contributed by atoms with Crippen molar-refractivity contribution in [2.24, 2.45) is 5.92 Å². The molecule has 0 bridgehead atoms. The van der Waals surface area contributed by atoms with Gasteiger partial charge in [-0.15, -0.1) is 0 Å². The fraction of sp³-hybridized carbons (Fsp3) is 0.333. The van der Waals surface area contributed by atoms with Crippen LogP contribution < -0.4 is 0 Å². The number of piperazine rings is 1. The Hall–Kier alpha value is -4.18. The summed E-state index contributed by atoms with van der Waals surface area (Å²) in [5, 5.41) is 9.59. The van der Waals surface area contributed by atoms with Gasteiger partial charge >= 0.3 is 0 Å². The van der Waals surface area contributed by atoms with Crippen LogP contribution in [-0.4, -0.2) is 70.4 Å². The largest absolute Gasteiger partial charge is 0.392 e. The van der Waals surface area contributed by atoms with Crippen molar-refractivity contribution in [1.82, 2.24) is 14.7 Å². The summed E-state index contributed by atoms with van der Waals surface area (Å²) in [4.78, 5) is 32.1. The van der Waals surface area contributed by atoms with Crippen molar-refractivity contribution in [3.8, 4) is 0 Å². The van der Waals surface area contributed by atoms with Crippen molar-refractivity contribution >= 4 is 11.8 Å². The van der Waals surface area contributed by atoms with Crippen LogP contribution in [-0.2, 0) is 29.2 Å². The summed E-state index contributed by atoms with van der Waals surface area (Å²) in [5.41, 5.74) is 5.91. The lowest BCUT2D eigenvalue weighted by atomic mass is 9.90. The monoisotopic (exact) mass is 631 g/mol. The third-order valence-corrected chi connectivity index (χ3v) is 9.75. The van der Waals surface area contributed by atoms with Crippen molar-refractivity contribution in [2.75, 3.05) is 32.7 Å². The molecule has 242 valence electrons. The lowest BCUT2D eigenvalue weighted by Gasteiger charge is -2.44. The first-order valence-corrected chi connectivity index (χ1v) is 16.5. The molecule has 3 aliphatic rings. The minimum atomic E-state index is -0.577. The van der Waals surface area contributed by atoms with E-state index in [1.807, 2.05) is 48.5 Å². The van der Waals surface area contributed by atoms with Crippen LogP contribution in [0.25, 0.3) is 0 Å². The van der Waals surface area contributed by atoms with Gasteiger partial charge in [0.15, 0.2) is 6.29 Å². The number of imide groups is 1. The number of aliphatic hydroxyl groups is 1. The molecule has 3 heterocycles. The first-order chi connectivity index (χ1) is 23.0. The SMILES string of the molecule is C[C@H]1[C@@H](CN2CCN(Cc3ccccc3)CC2)O[C@@H](c2ccc(CN3C(=O)c4ccccc4C3=O)cc2)O[C@H]1c1ccc(CO)cc1. The van der Waals surface area contributed by atoms with E-state index in [9.17, 15) is 14.7 Å². The second-order valence-corrected chi connectivity index (χ2v) is 12.9. The molecule has 8 heteroatoms. The molecule has 1 N–H and O–H groups in total. The van der Waals surface area contributed by atoms with Gasteiger partial charge in [-0.2, -0.15) is 0 Å². The molecular formula is C39H41N3O5. The molecule has 4 aromatic carbocycles. The van der Waals surface area contributed by atoms with E-state index < -0.39 is 6.29 Å². The number of fused-ring (bicyclic) bond motifs is 1. The molecule has 4 atom stereocenters. The van der Waals surface area contributed by atoms with Crippen LogP contribution in [0, 0.1) is 5.92 Å². The molecule has 0 unspecified atom stereocenters. The Bertz CT molecular complexity index is 1650. The highest BCUT2D eigenvalue weighted by atomic mass is 16.7. The zero-order chi connectivity index (χ0) is 32.3. The average Bonchev–Trinajstić information content (AvgIpc) is 3.35. The van der Waals surface area contributed by atoms with E-state index in [2.05, 4.69) is 47.1 Å². The summed E-state index contributed by atoms with van der Waals surface area (Å²) < 4.78 is 13.4. The number of nitrogens with zero attached hydrogens (tertiary/aromatic N) is 3. The molecule has 2 saturated heterocycles. The van der Waals surface area contributed by atoms with Crippen molar-refractivity contribution in [3.63, 3.8) is 0 Å². The summed E-state index contributed by atoms with van der Waals surface area (Å²) in [6.07, 6.45) is -0.828. The third kappa shape index (κ3) is 6.79. The first kappa shape index (κ1) is 31.4. The highest BCUT2D eigenvalue weighted by molar-refractivity contribution is 6.21. The van der Waals surface area contributed by atoms with Crippen LogP contribution in [0.5, 0.6) is 0 Å². The summed E-state index contributed by atoms with van der Waals surface area (Å²) in [6.45, 7) is 8.16. The Kier molecular flexibility index (Phi) is 9.29. The van der Waals surface area contributed by atoms with E-state index in [1.54, 1.807) is 24.3 Å². The average molecular weight is 632 g/mol. The normalized spacial score (nSPS) is 23.7. The molecule has 0 aliphatic carbocycles. The number of hydrogen-bond donors (Lipinski definition) is 1. The number of hydrogen-bond acceptors (Lipinski definition) is 7. The fourth-order valence-electron chi connectivity index (χ4n) is 6.90. The van der Waals surface area contributed by atoms with Crippen LogP contribution in [0.2, 0.25) is 0 Å². The minimum absolute atomic E-state index is 0.000964. The van der Waals surface area contributed by atoms with Gasteiger partial charge in [-0.3, -0.25) is 24.3 Å². The molecule has 2 amide bonds. The maximum Gasteiger partial charge on any atom is 0.261 e. The van der Waals surface area contributed by atoms with Gasteiger partial charge in [-0.25, -0.2) is 0 Å². The molecule has 0 radical (unpaired) electrons. The van der Waals surface area contributed by atoms with E-state index in [0.717, 1.165) is 61.5 Å². The van der Waals surface area contributed by atoms with E-state index in [4.69, 9.17) is 9.47 Å². The number of aliphatic hydroxyl groups excluding tert-OH is 1. The van der Waals surface area contributed by atoms with Crippen molar-refractivity contribution in [3.05, 3.63) is 142 Å². The van der Waals surface area contributed by atoms with Crippen LogP contribution in [0.3, 0.4) is 0 Å². The Morgan fingerprint density at radius 1 is 0.638 bits per heavy atom. The number of carbonyl (C=O) groups excluding carboxylic acids is 2. The van der Waals surface area contributed by atoms with Crippen LogP contribution in [0.4, 0.5) is 0 Å². The molecule has 3 aliphatic heterocycles. The molecule has 0 aromatic heterocycles. The Morgan fingerprint density at radius 2 is 1.19 bits per heavy atom. The smallest absolute Gasteiger partial charge is 0.261 e. The molecule has 7 rings (SSSR count). The van der Waals surface area contributed by atoms with Gasteiger partial charge in [-0.1, -0.05) is 97.9 Å². The number of rotatable bonds is 9. The number of benzene rings is 4. The molecule has 8 nitrogen and oxygen atoms in total. The summed E-state index contributed by atoms with van der Waals surface area (Å²) in [6, 6.07) is 33.4. The van der Waals surface area contributed by atoms with Crippen LogP contribution in [0.1, 0.15) is 67.9 Å². The number of amides is 2. The second kappa shape index (κ2) is 13.9. The van der Waals surface area contributed by atoms with Gasteiger partial charge in [-0.05, 0) is 34.4 Å². The molecule has 0 saturated carbocycles. The lowest BCUT2D eigenvalue weighted by Crippen LogP contribution is -2.51. The van der Waals surface area contributed by atoms with E-state index >= 15 is 0 Å². The van der Waals surface area contributed by atoms with Gasteiger partial charge in [0.2, 0.25) is 0 Å². The van der Waals surface area contributed by atoms with Gasteiger partial charge in [0.05, 0.1) is 36.5 Å². The Balaban J connectivity index is 1.05. The zero-order valence-electron chi connectivity index (χ0n) is 26.7. The number of carbonyl (C=O) groups is 2. The highest BCUT2D eigenvalue weighted by Gasteiger charge is 2.40. The first-order valence-electron chi connectivity index (χ1n) is 16.5. The van der Waals surface area contributed by atoms with Crippen LogP contribution >= 0.6 is 0 Å². The molecule has 4 aromatic rings. The molecular weight excluding hydrogens is 590 g/mol. The van der Waals surface area contributed by atoms with Gasteiger partial charge in [0, 0.05) is 50.7 Å².